The normalized spacial score (nSPS) is 11.8. The van der Waals surface area contributed by atoms with Gasteiger partial charge in [-0.2, -0.15) is 0 Å². The highest BCUT2D eigenvalue weighted by molar-refractivity contribution is 9.10. The lowest BCUT2D eigenvalue weighted by Gasteiger charge is -2.17. The van der Waals surface area contributed by atoms with Gasteiger partial charge in [-0.25, -0.2) is 4.79 Å². The van der Waals surface area contributed by atoms with Crippen molar-refractivity contribution in [2.24, 2.45) is 0 Å². The Bertz CT molecular complexity index is 1370. The van der Waals surface area contributed by atoms with Crippen LogP contribution in [0.2, 0.25) is 0 Å². The summed E-state index contributed by atoms with van der Waals surface area (Å²) in [5, 5.41) is 12.6. The summed E-state index contributed by atoms with van der Waals surface area (Å²) in [5.41, 5.74) is 1.91. The van der Waals surface area contributed by atoms with Gasteiger partial charge in [-0.1, -0.05) is 76.6 Å². The summed E-state index contributed by atoms with van der Waals surface area (Å²) < 4.78 is 2.55. The van der Waals surface area contributed by atoms with Crippen LogP contribution < -0.4 is 10.7 Å². The molecule has 2 N–H and O–H groups in total. The maximum Gasteiger partial charge on any atom is 0.326 e. The van der Waals surface area contributed by atoms with Gasteiger partial charge in [-0.3, -0.25) is 9.59 Å². The van der Waals surface area contributed by atoms with E-state index < -0.39 is 23.3 Å². The first kappa shape index (κ1) is 22.5. The monoisotopic (exact) mass is 504 g/mol. The van der Waals surface area contributed by atoms with Crippen LogP contribution in [0.25, 0.3) is 10.9 Å². The molecule has 0 unspecified atom stereocenters. The van der Waals surface area contributed by atoms with Gasteiger partial charge in [0.05, 0.1) is 5.52 Å². The number of carboxylic acid groups (broad SMARTS) is 1. The molecule has 0 radical (unpaired) electrons. The van der Waals surface area contributed by atoms with Crippen LogP contribution in [0.15, 0.2) is 94.3 Å². The number of aliphatic carboxylic acids is 1. The number of fused-ring (bicyclic) bond motifs is 1. The molecule has 0 saturated carbocycles. The Morgan fingerprint density at radius 1 is 0.939 bits per heavy atom. The van der Waals surface area contributed by atoms with Gasteiger partial charge in [-0.05, 0) is 29.3 Å². The second kappa shape index (κ2) is 9.83. The summed E-state index contributed by atoms with van der Waals surface area (Å²) in [6, 6.07) is 22.9. The molecular weight excluding hydrogens is 484 g/mol. The molecule has 0 fully saturated rings. The quantitative estimate of drug-likeness (QED) is 0.394. The molecule has 0 spiro atoms. The zero-order valence-corrected chi connectivity index (χ0v) is 19.2. The standard InChI is InChI=1S/C26H21BrN2O4/c27-19-11-12-23-20(14-19)24(30)21(16-29(23)15-18-9-5-2-6-10-18)25(31)28-22(26(32)33)13-17-7-3-1-4-8-17/h1-12,14,16,22H,13,15H2,(H,28,31)(H,32,33)/t22-/m0/s1. The Morgan fingerprint density at radius 3 is 2.21 bits per heavy atom. The van der Waals surface area contributed by atoms with Gasteiger partial charge in [0, 0.05) is 29.0 Å². The summed E-state index contributed by atoms with van der Waals surface area (Å²) in [5.74, 6) is -1.88. The zero-order chi connectivity index (χ0) is 23.4. The van der Waals surface area contributed by atoms with Crippen LogP contribution in [0.3, 0.4) is 0 Å². The Morgan fingerprint density at radius 2 is 1.58 bits per heavy atom. The second-order valence-electron chi connectivity index (χ2n) is 7.70. The van der Waals surface area contributed by atoms with Crippen molar-refractivity contribution in [2.75, 3.05) is 0 Å². The largest absolute Gasteiger partial charge is 0.480 e. The number of nitrogens with one attached hydrogen (secondary N) is 1. The van der Waals surface area contributed by atoms with Gasteiger partial charge in [-0.15, -0.1) is 0 Å². The van der Waals surface area contributed by atoms with Crippen molar-refractivity contribution in [3.8, 4) is 0 Å². The number of carbonyl (C=O) groups excluding carboxylic acids is 1. The van der Waals surface area contributed by atoms with Crippen LogP contribution in [-0.4, -0.2) is 27.6 Å². The molecule has 1 amide bonds. The van der Waals surface area contributed by atoms with E-state index in [-0.39, 0.29) is 12.0 Å². The lowest BCUT2D eigenvalue weighted by molar-refractivity contribution is -0.139. The Hall–Kier alpha value is -3.71. The average molecular weight is 505 g/mol. The molecule has 7 heteroatoms. The van der Waals surface area contributed by atoms with Crippen LogP contribution >= 0.6 is 15.9 Å². The predicted molar refractivity (Wildman–Crippen MR) is 130 cm³/mol. The summed E-state index contributed by atoms with van der Waals surface area (Å²) in [4.78, 5) is 38.1. The van der Waals surface area contributed by atoms with Gasteiger partial charge in [0.15, 0.2) is 0 Å². The fraction of sp³-hybridized carbons (Fsp3) is 0.115. The molecule has 6 nitrogen and oxygen atoms in total. The molecule has 0 aliphatic rings. The number of pyridine rings is 1. The molecule has 1 heterocycles. The van der Waals surface area contributed by atoms with Crippen molar-refractivity contribution >= 4 is 38.7 Å². The zero-order valence-electron chi connectivity index (χ0n) is 17.6. The smallest absolute Gasteiger partial charge is 0.326 e. The number of rotatable bonds is 7. The van der Waals surface area contributed by atoms with Gasteiger partial charge in [0.1, 0.15) is 11.6 Å². The summed E-state index contributed by atoms with van der Waals surface area (Å²) in [6.45, 7) is 0.450. The molecule has 1 aromatic heterocycles. The van der Waals surface area contributed by atoms with Crippen molar-refractivity contribution in [1.82, 2.24) is 9.88 Å². The van der Waals surface area contributed by atoms with Crippen molar-refractivity contribution in [3.63, 3.8) is 0 Å². The molecule has 33 heavy (non-hydrogen) atoms. The minimum atomic E-state index is -1.17. The number of benzene rings is 3. The van der Waals surface area contributed by atoms with Gasteiger partial charge < -0.3 is 15.0 Å². The van der Waals surface area contributed by atoms with Crippen molar-refractivity contribution in [3.05, 3.63) is 116 Å². The Labute approximate surface area is 198 Å². The summed E-state index contributed by atoms with van der Waals surface area (Å²) in [7, 11) is 0. The fourth-order valence-electron chi connectivity index (χ4n) is 3.73. The van der Waals surface area contributed by atoms with Crippen molar-refractivity contribution in [2.45, 2.75) is 19.0 Å². The summed E-state index contributed by atoms with van der Waals surface area (Å²) in [6.07, 6.45) is 1.61. The first-order chi connectivity index (χ1) is 15.9. The SMILES string of the molecule is O=C(N[C@@H](Cc1ccccc1)C(=O)O)c1cn(Cc2ccccc2)c2ccc(Br)cc2c1=O. The number of hydrogen-bond donors (Lipinski definition) is 2. The van der Waals surface area contributed by atoms with E-state index >= 15 is 0 Å². The van der Waals surface area contributed by atoms with Gasteiger partial charge in [0.25, 0.3) is 5.91 Å². The molecule has 3 aromatic carbocycles. The maximum absolute atomic E-state index is 13.2. The number of nitrogens with zero attached hydrogens (tertiary/aromatic N) is 1. The minimum absolute atomic E-state index is 0.101. The molecule has 0 aliphatic heterocycles. The van der Waals surface area contributed by atoms with Crippen LogP contribution in [0, 0.1) is 0 Å². The number of carbonyl (C=O) groups is 2. The average Bonchev–Trinajstić information content (AvgIpc) is 2.81. The van der Waals surface area contributed by atoms with Gasteiger partial charge >= 0.3 is 5.97 Å². The Kier molecular flexibility index (Phi) is 6.70. The Balaban J connectivity index is 1.72. The molecule has 4 rings (SSSR count). The maximum atomic E-state index is 13.2. The molecule has 166 valence electrons. The number of amides is 1. The predicted octanol–water partition coefficient (Wildman–Crippen LogP) is 4.24. The highest BCUT2D eigenvalue weighted by atomic mass is 79.9. The van der Waals surface area contributed by atoms with E-state index in [0.29, 0.717) is 21.9 Å². The fourth-order valence-corrected chi connectivity index (χ4v) is 4.09. The van der Waals surface area contributed by atoms with E-state index in [9.17, 15) is 19.5 Å². The second-order valence-corrected chi connectivity index (χ2v) is 8.62. The van der Waals surface area contributed by atoms with E-state index in [1.54, 1.807) is 30.3 Å². The third kappa shape index (κ3) is 5.21. The highest BCUT2D eigenvalue weighted by Crippen LogP contribution is 2.19. The summed E-state index contributed by atoms with van der Waals surface area (Å²) >= 11 is 3.39. The van der Waals surface area contributed by atoms with Gasteiger partial charge in [0.2, 0.25) is 5.43 Å². The highest BCUT2D eigenvalue weighted by Gasteiger charge is 2.24. The minimum Gasteiger partial charge on any atom is -0.480 e. The first-order valence-electron chi connectivity index (χ1n) is 10.4. The van der Waals surface area contributed by atoms with Crippen LogP contribution in [0.1, 0.15) is 21.5 Å². The van der Waals surface area contributed by atoms with E-state index in [1.165, 1.54) is 6.20 Å². The van der Waals surface area contributed by atoms with E-state index in [2.05, 4.69) is 21.2 Å². The van der Waals surface area contributed by atoms with E-state index in [4.69, 9.17) is 0 Å². The van der Waals surface area contributed by atoms with Crippen LogP contribution in [0.5, 0.6) is 0 Å². The molecule has 0 bridgehead atoms. The van der Waals surface area contributed by atoms with Crippen LogP contribution in [-0.2, 0) is 17.8 Å². The number of halogens is 1. The molecule has 0 saturated heterocycles. The number of aromatic nitrogens is 1. The van der Waals surface area contributed by atoms with Crippen molar-refractivity contribution < 1.29 is 14.7 Å². The van der Waals surface area contributed by atoms with E-state index in [0.717, 1.165) is 11.1 Å². The third-order valence-corrected chi connectivity index (χ3v) is 5.86. The van der Waals surface area contributed by atoms with Crippen LogP contribution in [0.4, 0.5) is 0 Å². The third-order valence-electron chi connectivity index (χ3n) is 5.37. The molecular formula is C26H21BrN2O4. The topological polar surface area (TPSA) is 88.4 Å². The number of carboxylic acids is 1. The molecule has 0 aliphatic carbocycles. The molecule has 4 aromatic rings. The van der Waals surface area contributed by atoms with E-state index in [1.807, 2.05) is 53.1 Å². The van der Waals surface area contributed by atoms with Crippen molar-refractivity contribution in [1.29, 1.82) is 0 Å². The molecule has 1 atom stereocenters. The lowest BCUT2D eigenvalue weighted by atomic mass is 10.1. The first-order valence-corrected chi connectivity index (χ1v) is 11.2. The lowest BCUT2D eigenvalue weighted by Crippen LogP contribution is -2.43. The number of hydrogen-bond acceptors (Lipinski definition) is 3.